The first kappa shape index (κ1) is 29.2. The van der Waals surface area contributed by atoms with Gasteiger partial charge in [0.05, 0.1) is 0 Å². The highest BCUT2D eigenvalue weighted by molar-refractivity contribution is 6.52. The normalized spacial score (nSPS) is 12.7. The van der Waals surface area contributed by atoms with Crippen LogP contribution in [0.15, 0.2) is 164 Å². The van der Waals surface area contributed by atoms with Crippen LogP contribution in [0, 0.1) is 0 Å². The maximum absolute atomic E-state index is 3.55. The van der Waals surface area contributed by atoms with E-state index in [1.165, 1.54) is 141 Å². The van der Waals surface area contributed by atoms with Crippen molar-refractivity contribution in [2.45, 2.75) is 0 Å². The summed E-state index contributed by atoms with van der Waals surface area (Å²) in [6, 6.07) is 62.0. The van der Waals surface area contributed by atoms with E-state index in [0.717, 1.165) is 5.69 Å². The third kappa shape index (κ3) is 3.32. The van der Waals surface area contributed by atoms with Crippen molar-refractivity contribution >= 4 is 124 Å². The van der Waals surface area contributed by atoms with E-state index >= 15 is 0 Å². The van der Waals surface area contributed by atoms with Crippen LogP contribution in [0.2, 0.25) is 0 Å². The molecule has 0 saturated heterocycles. The highest BCUT2D eigenvalue weighted by atomic mass is 14.8. The lowest BCUT2D eigenvalue weighted by Gasteiger charge is -2.19. The van der Waals surface area contributed by atoms with Crippen LogP contribution in [0.25, 0.3) is 141 Å². The fraction of sp³-hybridized carbons (Fsp3) is 0.0182. The Hall–Kier alpha value is -7.22. The zero-order valence-corrected chi connectivity index (χ0v) is 30.6. The summed E-state index contributed by atoms with van der Waals surface area (Å²) in [4.78, 5) is 0. The molecule has 56 heavy (non-hydrogen) atoms. The quantitative estimate of drug-likeness (QED) is 0.143. The number of rotatable bonds is 3. The standard InChI is InChI=1S/C55H31N/c1-56-44-18-10-9-17-39(44)49-35-16-8-7-15-34(35)45(30-12-3-2-4-13-30)54-41-26-24-37-36-23-25-40-48-33-14-6-5-11-29(33)21-22-38(48)42-27-31-19-20-32-28-43(55(49)54)51(41)53(37)47(32)46(31)52(36)50(40)42/h2-28,56H,1H3. The molecule has 1 nitrogen and oxygen atoms in total. The Morgan fingerprint density at radius 1 is 0.286 bits per heavy atom. The predicted molar refractivity (Wildman–Crippen MR) is 244 cm³/mol. The predicted octanol–water partition coefficient (Wildman–Crippen LogP) is 15.5. The molecule has 14 aromatic rings. The Morgan fingerprint density at radius 3 is 1.55 bits per heavy atom. The number of hydrogen-bond donors (Lipinski definition) is 1. The Labute approximate surface area is 321 Å². The monoisotopic (exact) mass is 705 g/mol. The van der Waals surface area contributed by atoms with Crippen LogP contribution in [0.4, 0.5) is 5.69 Å². The molecule has 14 rings (SSSR count). The minimum absolute atomic E-state index is 1.13. The van der Waals surface area contributed by atoms with E-state index in [9.17, 15) is 0 Å². The molecule has 256 valence electrons. The molecule has 14 aromatic carbocycles. The van der Waals surface area contributed by atoms with E-state index < -0.39 is 0 Å². The maximum Gasteiger partial charge on any atom is 0.0417 e. The summed E-state index contributed by atoms with van der Waals surface area (Å²) in [5.74, 6) is 0. The topological polar surface area (TPSA) is 12.0 Å². The van der Waals surface area contributed by atoms with Gasteiger partial charge in [0.15, 0.2) is 0 Å². The minimum Gasteiger partial charge on any atom is -0.388 e. The van der Waals surface area contributed by atoms with Crippen molar-refractivity contribution in [2.75, 3.05) is 12.4 Å². The molecule has 0 aromatic heterocycles. The van der Waals surface area contributed by atoms with Gasteiger partial charge in [-0.3, -0.25) is 0 Å². The van der Waals surface area contributed by atoms with Gasteiger partial charge in [0.1, 0.15) is 0 Å². The molecule has 1 heteroatoms. The third-order valence-electron chi connectivity index (χ3n) is 13.4. The molecule has 0 aliphatic rings. The second-order valence-electron chi connectivity index (χ2n) is 15.8. The van der Waals surface area contributed by atoms with Gasteiger partial charge >= 0.3 is 0 Å². The number of fused-ring (bicyclic) bond motifs is 10. The van der Waals surface area contributed by atoms with Crippen molar-refractivity contribution in [3.8, 4) is 22.3 Å². The first-order chi connectivity index (χ1) is 27.8. The number of nitrogens with one attached hydrogen (secondary N) is 1. The fourth-order valence-corrected chi connectivity index (χ4v) is 11.3. The Balaban J connectivity index is 1.26. The van der Waals surface area contributed by atoms with E-state index in [4.69, 9.17) is 0 Å². The van der Waals surface area contributed by atoms with Crippen molar-refractivity contribution in [1.82, 2.24) is 0 Å². The lowest BCUT2D eigenvalue weighted by molar-refractivity contribution is 1.51. The summed E-state index contributed by atoms with van der Waals surface area (Å²) in [5, 5.41) is 33.2. The summed E-state index contributed by atoms with van der Waals surface area (Å²) in [6.45, 7) is 0. The zero-order chi connectivity index (χ0) is 36.4. The SMILES string of the molecule is CNc1ccccc1-c1c2ccccc2c(-c2ccccc2)c2c3ccc4c5ccc6c7c8ccccc8ccc7c7cc8ccc9cc(c12)c3c4c9c8c5c76. The van der Waals surface area contributed by atoms with Gasteiger partial charge in [-0.25, -0.2) is 0 Å². The molecular formula is C55H31N. The molecule has 0 saturated carbocycles. The van der Waals surface area contributed by atoms with Gasteiger partial charge in [0.2, 0.25) is 0 Å². The van der Waals surface area contributed by atoms with Crippen LogP contribution >= 0.6 is 0 Å². The first-order valence-electron chi connectivity index (χ1n) is 19.7. The van der Waals surface area contributed by atoms with Crippen LogP contribution in [0.1, 0.15) is 0 Å². The Kier molecular flexibility index (Phi) is 5.26. The lowest BCUT2D eigenvalue weighted by Crippen LogP contribution is -1.94. The van der Waals surface area contributed by atoms with Crippen LogP contribution in [0.3, 0.4) is 0 Å². The van der Waals surface area contributed by atoms with Gasteiger partial charge in [0.25, 0.3) is 0 Å². The Bertz CT molecular complexity index is 3940. The highest BCUT2D eigenvalue weighted by Crippen LogP contribution is 2.57. The smallest absolute Gasteiger partial charge is 0.0417 e. The van der Waals surface area contributed by atoms with Crippen molar-refractivity contribution in [1.29, 1.82) is 0 Å². The van der Waals surface area contributed by atoms with Crippen molar-refractivity contribution in [2.24, 2.45) is 0 Å². The molecule has 0 atom stereocenters. The number of hydrogen-bond acceptors (Lipinski definition) is 1. The van der Waals surface area contributed by atoms with Gasteiger partial charge in [0, 0.05) is 23.9 Å². The molecule has 0 fully saturated rings. The van der Waals surface area contributed by atoms with Crippen LogP contribution in [0.5, 0.6) is 0 Å². The molecule has 0 aliphatic carbocycles. The van der Waals surface area contributed by atoms with Crippen molar-refractivity contribution < 1.29 is 0 Å². The summed E-state index contributed by atoms with van der Waals surface area (Å²) >= 11 is 0. The van der Waals surface area contributed by atoms with Crippen LogP contribution in [-0.2, 0) is 0 Å². The first-order valence-corrected chi connectivity index (χ1v) is 19.7. The molecule has 0 spiro atoms. The average Bonchev–Trinajstić information content (AvgIpc) is 3.77. The number of benzene rings is 12. The summed E-state index contributed by atoms with van der Waals surface area (Å²) in [7, 11) is 2.04. The zero-order valence-electron chi connectivity index (χ0n) is 30.6. The van der Waals surface area contributed by atoms with Gasteiger partial charge in [-0.15, -0.1) is 0 Å². The number of anilines is 1. The number of para-hydroxylation sites is 1. The summed E-state index contributed by atoms with van der Waals surface area (Å²) in [5.41, 5.74) is 6.22. The van der Waals surface area contributed by atoms with Gasteiger partial charge in [-0.05, 0) is 148 Å². The minimum atomic E-state index is 1.13. The van der Waals surface area contributed by atoms with E-state index in [-0.39, 0.29) is 0 Å². The average molecular weight is 706 g/mol. The van der Waals surface area contributed by atoms with Crippen LogP contribution in [-0.4, -0.2) is 7.05 Å². The fourth-order valence-electron chi connectivity index (χ4n) is 11.3. The molecule has 0 heterocycles. The second-order valence-corrected chi connectivity index (χ2v) is 15.8. The van der Waals surface area contributed by atoms with E-state index in [1.807, 2.05) is 7.05 Å². The van der Waals surface area contributed by atoms with E-state index in [2.05, 4.69) is 169 Å². The molecule has 0 radical (unpaired) electrons. The summed E-state index contributed by atoms with van der Waals surface area (Å²) < 4.78 is 0. The Morgan fingerprint density at radius 2 is 0.804 bits per heavy atom. The van der Waals surface area contributed by atoms with E-state index in [1.54, 1.807) is 0 Å². The maximum atomic E-state index is 3.55. The summed E-state index contributed by atoms with van der Waals surface area (Å²) in [6.07, 6.45) is 0. The van der Waals surface area contributed by atoms with Crippen molar-refractivity contribution in [3.05, 3.63) is 164 Å². The van der Waals surface area contributed by atoms with Gasteiger partial charge in [-0.2, -0.15) is 0 Å². The lowest BCUT2D eigenvalue weighted by atomic mass is 9.84. The molecule has 1 N–H and O–H groups in total. The molecule has 0 amide bonds. The second kappa shape index (κ2) is 10.1. The molecule has 0 bridgehead atoms. The largest absolute Gasteiger partial charge is 0.388 e. The molecule has 0 unspecified atom stereocenters. The van der Waals surface area contributed by atoms with Crippen molar-refractivity contribution in [3.63, 3.8) is 0 Å². The van der Waals surface area contributed by atoms with Gasteiger partial charge in [-0.1, -0.05) is 146 Å². The highest BCUT2D eigenvalue weighted by Gasteiger charge is 2.28. The molecule has 0 aliphatic heterocycles. The van der Waals surface area contributed by atoms with E-state index in [0.29, 0.717) is 0 Å². The van der Waals surface area contributed by atoms with Gasteiger partial charge < -0.3 is 5.32 Å². The molecular weight excluding hydrogens is 675 g/mol. The van der Waals surface area contributed by atoms with Crippen LogP contribution < -0.4 is 5.32 Å². The third-order valence-corrected chi connectivity index (χ3v) is 13.4.